The molecule has 3 fully saturated rings. The Morgan fingerprint density at radius 3 is 2.75 bits per heavy atom. The van der Waals surface area contributed by atoms with Gasteiger partial charge in [0.05, 0.1) is 6.10 Å². The van der Waals surface area contributed by atoms with Crippen molar-refractivity contribution < 1.29 is 15.0 Å². The van der Waals surface area contributed by atoms with Gasteiger partial charge in [-0.15, -0.1) is 0 Å². The molecule has 0 unspecified atom stereocenters. The first-order chi connectivity index (χ1) is 11.4. The molecule has 3 saturated carbocycles. The fourth-order valence-electron chi connectivity index (χ4n) is 7.29. The molecule has 7 atom stereocenters. The lowest BCUT2D eigenvalue weighted by molar-refractivity contribution is -0.130. The van der Waals surface area contributed by atoms with Gasteiger partial charge in [-0.2, -0.15) is 0 Å². The number of hydrogen-bond acceptors (Lipinski definition) is 3. The van der Waals surface area contributed by atoms with E-state index in [1.807, 2.05) is 0 Å². The Morgan fingerprint density at radius 1 is 1.25 bits per heavy atom. The molecule has 0 aromatic rings. The van der Waals surface area contributed by atoms with E-state index in [9.17, 15) is 15.0 Å². The third-order valence-corrected chi connectivity index (χ3v) is 8.52. The van der Waals surface area contributed by atoms with Crippen LogP contribution < -0.4 is 0 Å². The van der Waals surface area contributed by atoms with Gasteiger partial charge in [-0.3, -0.25) is 4.79 Å². The molecule has 0 radical (unpaired) electrons. The highest BCUT2D eigenvalue weighted by Gasteiger charge is 2.59. The maximum atomic E-state index is 12.1. The molecule has 0 aromatic heterocycles. The SMILES string of the molecule is CC(=O)[C@H]1CC=C2[C@@H]3CC[C@H]4C[C@@H](O)CC[C@]4(CO)[C@H]3CC[C@@]21C. The van der Waals surface area contributed by atoms with Crippen molar-refractivity contribution in [1.82, 2.24) is 0 Å². The predicted molar refractivity (Wildman–Crippen MR) is 93.3 cm³/mol. The van der Waals surface area contributed by atoms with E-state index >= 15 is 0 Å². The summed E-state index contributed by atoms with van der Waals surface area (Å²) in [6, 6.07) is 0. The molecule has 0 spiro atoms. The smallest absolute Gasteiger partial charge is 0.134 e. The second-order valence-corrected chi connectivity index (χ2v) is 9.32. The summed E-state index contributed by atoms with van der Waals surface area (Å²) in [6.45, 7) is 4.34. The van der Waals surface area contributed by atoms with Crippen molar-refractivity contribution in [3.8, 4) is 0 Å². The van der Waals surface area contributed by atoms with Crippen molar-refractivity contribution in [2.24, 2.45) is 34.5 Å². The second kappa shape index (κ2) is 5.67. The minimum atomic E-state index is -0.173. The predicted octanol–water partition coefficient (Wildman–Crippen LogP) is 3.49. The highest BCUT2D eigenvalue weighted by Crippen LogP contribution is 2.65. The van der Waals surface area contributed by atoms with Crippen molar-refractivity contribution in [3.63, 3.8) is 0 Å². The first-order valence-corrected chi connectivity index (χ1v) is 9.92. The van der Waals surface area contributed by atoms with E-state index in [4.69, 9.17) is 0 Å². The first-order valence-electron chi connectivity index (χ1n) is 9.92. The number of rotatable bonds is 2. The number of carbonyl (C=O) groups is 1. The summed E-state index contributed by atoms with van der Waals surface area (Å²) in [7, 11) is 0. The number of carbonyl (C=O) groups excluding carboxylic acids is 1. The van der Waals surface area contributed by atoms with Crippen LogP contribution in [0, 0.1) is 34.5 Å². The fourth-order valence-corrected chi connectivity index (χ4v) is 7.29. The Kier molecular flexibility index (Phi) is 3.96. The van der Waals surface area contributed by atoms with E-state index in [1.165, 1.54) is 12.0 Å². The maximum absolute atomic E-state index is 12.1. The quantitative estimate of drug-likeness (QED) is 0.761. The number of fused-ring (bicyclic) bond motifs is 5. The summed E-state index contributed by atoms with van der Waals surface area (Å²) < 4.78 is 0. The summed E-state index contributed by atoms with van der Waals surface area (Å²) in [4.78, 5) is 12.1. The molecule has 24 heavy (non-hydrogen) atoms. The summed E-state index contributed by atoms with van der Waals surface area (Å²) in [5, 5.41) is 20.5. The standard InChI is InChI=1S/C21H32O3/c1-13(23)17-5-6-18-16-4-3-14-11-15(24)7-10-21(14,12-22)19(16)8-9-20(17,18)2/h6,14-17,19,22,24H,3-5,7-12H2,1-2H3/t14-,15-,16-,17+,19-,20+,21+/m0/s1. The van der Waals surface area contributed by atoms with Gasteiger partial charge in [0, 0.05) is 12.5 Å². The van der Waals surface area contributed by atoms with Crippen LogP contribution in [0.15, 0.2) is 11.6 Å². The largest absolute Gasteiger partial charge is 0.396 e. The fraction of sp³-hybridized carbons (Fsp3) is 0.857. The molecule has 134 valence electrons. The average molecular weight is 332 g/mol. The zero-order chi connectivity index (χ0) is 17.1. The molecule has 4 aliphatic carbocycles. The Morgan fingerprint density at radius 2 is 2.04 bits per heavy atom. The number of aliphatic hydroxyl groups excluding tert-OH is 2. The van der Waals surface area contributed by atoms with Crippen molar-refractivity contribution >= 4 is 5.78 Å². The van der Waals surface area contributed by atoms with Crippen LogP contribution in [0.2, 0.25) is 0 Å². The van der Waals surface area contributed by atoms with Gasteiger partial charge in [-0.25, -0.2) is 0 Å². The van der Waals surface area contributed by atoms with Crippen LogP contribution >= 0.6 is 0 Å². The van der Waals surface area contributed by atoms with Crippen LogP contribution in [0.5, 0.6) is 0 Å². The Balaban J connectivity index is 1.66. The van der Waals surface area contributed by atoms with E-state index in [0.717, 1.165) is 44.9 Å². The second-order valence-electron chi connectivity index (χ2n) is 9.32. The zero-order valence-electron chi connectivity index (χ0n) is 15.1. The summed E-state index contributed by atoms with van der Waals surface area (Å²) >= 11 is 0. The van der Waals surface area contributed by atoms with Gasteiger partial charge in [0.1, 0.15) is 5.78 Å². The van der Waals surface area contributed by atoms with Crippen LogP contribution in [0.1, 0.15) is 65.2 Å². The van der Waals surface area contributed by atoms with Crippen LogP contribution in [0.25, 0.3) is 0 Å². The summed E-state index contributed by atoms with van der Waals surface area (Å²) in [6.07, 6.45) is 10.3. The normalized spacial score (nSPS) is 50.5. The molecule has 0 heterocycles. The number of aliphatic hydroxyl groups is 2. The van der Waals surface area contributed by atoms with E-state index in [-0.39, 0.29) is 29.5 Å². The van der Waals surface area contributed by atoms with Crippen molar-refractivity contribution in [2.75, 3.05) is 6.61 Å². The number of hydrogen-bond donors (Lipinski definition) is 2. The van der Waals surface area contributed by atoms with Crippen molar-refractivity contribution in [3.05, 3.63) is 11.6 Å². The van der Waals surface area contributed by atoms with Crippen LogP contribution in [-0.2, 0) is 4.79 Å². The molecule has 2 N–H and O–H groups in total. The Hall–Kier alpha value is -0.670. The molecule has 4 rings (SSSR count). The van der Waals surface area contributed by atoms with E-state index < -0.39 is 0 Å². The maximum Gasteiger partial charge on any atom is 0.134 e. The van der Waals surface area contributed by atoms with Crippen LogP contribution in [0.4, 0.5) is 0 Å². The van der Waals surface area contributed by atoms with Gasteiger partial charge in [0.15, 0.2) is 0 Å². The topological polar surface area (TPSA) is 57.5 Å². The lowest BCUT2D eigenvalue weighted by Crippen LogP contribution is -2.55. The van der Waals surface area contributed by atoms with E-state index in [1.54, 1.807) is 6.92 Å². The molecular weight excluding hydrogens is 300 g/mol. The van der Waals surface area contributed by atoms with Gasteiger partial charge in [-0.05, 0) is 86.9 Å². The minimum absolute atomic E-state index is 0.0125. The van der Waals surface area contributed by atoms with Gasteiger partial charge < -0.3 is 10.2 Å². The lowest BCUT2D eigenvalue weighted by atomic mass is 9.45. The van der Waals surface area contributed by atoms with Crippen LogP contribution in [-0.4, -0.2) is 28.7 Å². The average Bonchev–Trinajstić information content (AvgIpc) is 2.91. The van der Waals surface area contributed by atoms with Gasteiger partial charge >= 0.3 is 0 Å². The zero-order valence-corrected chi connectivity index (χ0v) is 15.1. The Labute approximate surface area is 145 Å². The number of allylic oxidation sites excluding steroid dienone is 2. The van der Waals surface area contributed by atoms with E-state index in [2.05, 4.69) is 13.0 Å². The number of Topliss-reactive ketones (excluding diaryl/α,β-unsaturated/α-hetero) is 1. The van der Waals surface area contributed by atoms with Gasteiger partial charge in [0.25, 0.3) is 0 Å². The molecule has 0 aliphatic heterocycles. The molecule has 0 saturated heterocycles. The van der Waals surface area contributed by atoms with Gasteiger partial charge in [0.2, 0.25) is 0 Å². The van der Waals surface area contributed by atoms with Crippen molar-refractivity contribution in [1.29, 1.82) is 0 Å². The molecule has 4 aliphatic rings. The third kappa shape index (κ3) is 2.13. The summed E-state index contributed by atoms with van der Waals surface area (Å²) in [5.74, 6) is 2.07. The third-order valence-electron chi connectivity index (χ3n) is 8.52. The van der Waals surface area contributed by atoms with Gasteiger partial charge in [-0.1, -0.05) is 18.6 Å². The first kappa shape index (κ1) is 16.8. The monoisotopic (exact) mass is 332 g/mol. The van der Waals surface area contributed by atoms with Crippen molar-refractivity contribution in [2.45, 2.75) is 71.3 Å². The highest BCUT2D eigenvalue weighted by atomic mass is 16.3. The highest BCUT2D eigenvalue weighted by molar-refractivity contribution is 5.80. The Bertz CT molecular complexity index is 567. The van der Waals surface area contributed by atoms with Crippen LogP contribution in [0.3, 0.4) is 0 Å². The summed E-state index contributed by atoms with van der Waals surface area (Å²) in [5.41, 5.74) is 1.61. The molecule has 0 aromatic carbocycles. The lowest BCUT2D eigenvalue weighted by Gasteiger charge is -2.60. The molecule has 3 nitrogen and oxygen atoms in total. The molecule has 3 heteroatoms. The molecule has 0 bridgehead atoms. The number of ketones is 1. The molecular formula is C21H32O3. The molecule has 0 amide bonds. The van der Waals surface area contributed by atoms with E-state index in [0.29, 0.717) is 23.5 Å². The minimum Gasteiger partial charge on any atom is -0.396 e.